The monoisotopic (exact) mass is 444 g/mol. The van der Waals surface area contributed by atoms with Crippen molar-refractivity contribution in [1.82, 2.24) is 5.32 Å². The molecule has 3 rings (SSSR count). The van der Waals surface area contributed by atoms with Crippen LogP contribution in [0.15, 0.2) is 51.9 Å². The van der Waals surface area contributed by atoms with Gasteiger partial charge in [0, 0.05) is 22.8 Å². The molecule has 0 unspecified atom stereocenters. The number of carbonyl (C=O) groups excluding carboxylic acids is 3. The predicted octanol–water partition coefficient (Wildman–Crippen LogP) is 3.27. The number of anilines is 1. The van der Waals surface area contributed by atoms with E-state index in [1.54, 1.807) is 31.2 Å². The third-order valence-electron chi connectivity index (χ3n) is 4.05. The van der Waals surface area contributed by atoms with Crippen molar-refractivity contribution in [3.05, 3.63) is 62.6 Å². The molecule has 9 nitrogen and oxygen atoms in total. The molecule has 0 bridgehead atoms. The minimum atomic E-state index is -1.35. The number of hydrogen-bond acceptors (Lipinski definition) is 6. The van der Waals surface area contributed by atoms with Gasteiger partial charge < -0.3 is 0 Å². The van der Waals surface area contributed by atoms with Gasteiger partial charge >= 0.3 is 6.03 Å². The highest BCUT2D eigenvalue weighted by Crippen LogP contribution is 2.26. The number of urea groups is 1. The van der Waals surface area contributed by atoms with Crippen molar-refractivity contribution in [2.75, 3.05) is 4.90 Å². The number of aliphatic imine (C=N–C) groups is 1. The summed E-state index contributed by atoms with van der Waals surface area (Å²) in [4.78, 5) is 52.3. The van der Waals surface area contributed by atoms with Gasteiger partial charge in [0.05, 0.1) is 16.3 Å². The maximum atomic E-state index is 12.7. The van der Waals surface area contributed by atoms with E-state index < -0.39 is 28.7 Å². The number of halogens is 1. The van der Waals surface area contributed by atoms with Gasteiger partial charge in [-0.05, 0) is 36.8 Å². The summed E-state index contributed by atoms with van der Waals surface area (Å²) in [6, 6.07) is 9.66. The summed E-state index contributed by atoms with van der Waals surface area (Å²) in [5.41, 5.74) is 1.01. The number of amides is 4. The Balaban J connectivity index is 1.92. The molecule has 0 spiro atoms. The molecular weight excluding hydrogens is 432 g/mol. The Bertz CT molecular complexity index is 1020. The fourth-order valence-corrected chi connectivity index (χ4v) is 2.83. The lowest BCUT2D eigenvalue weighted by atomic mass is 10.1. The van der Waals surface area contributed by atoms with Crippen LogP contribution in [0, 0.1) is 23.0 Å². The van der Waals surface area contributed by atoms with Gasteiger partial charge in [0.15, 0.2) is 5.92 Å². The first kappa shape index (κ1) is 19.4. The Hall–Kier alpha value is -3.40. The topological polar surface area (TPSA) is 122 Å². The number of rotatable bonds is 4. The van der Waals surface area contributed by atoms with E-state index >= 15 is 0 Å². The summed E-state index contributed by atoms with van der Waals surface area (Å²) in [5, 5.41) is 13.0. The van der Waals surface area contributed by atoms with Crippen LogP contribution in [0.2, 0.25) is 0 Å². The van der Waals surface area contributed by atoms with E-state index in [9.17, 15) is 24.5 Å². The van der Waals surface area contributed by atoms with Crippen LogP contribution >= 0.6 is 15.9 Å². The van der Waals surface area contributed by atoms with Crippen LogP contribution in [0.4, 0.5) is 21.9 Å². The number of nitro benzene ring substituents is 1. The summed E-state index contributed by atoms with van der Waals surface area (Å²) in [7, 11) is 0. The Morgan fingerprint density at radius 2 is 1.86 bits per heavy atom. The molecule has 10 heteroatoms. The molecule has 1 saturated heterocycles. The first-order valence-corrected chi connectivity index (χ1v) is 8.81. The van der Waals surface area contributed by atoms with Crippen LogP contribution in [0.25, 0.3) is 0 Å². The number of nitrogens with one attached hydrogen (secondary N) is 1. The van der Waals surface area contributed by atoms with Gasteiger partial charge in [-0.2, -0.15) is 0 Å². The van der Waals surface area contributed by atoms with Crippen LogP contribution in [0.5, 0.6) is 0 Å². The zero-order chi connectivity index (χ0) is 20.4. The van der Waals surface area contributed by atoms with Crippen molar-refractivity contribution in [1.29, 1.82) is 0 Å². The number of non-ortho nitro benzene ring substituents is 1. The maximum absolute atomic E-state index is 12.7. The molecule has 2 aromatic rings. The fraction of sp³-hybridized carbons (Fsp3) is 0.111. The molecule has 142 valence electrons. The van der Waals surface area contributed by atoms with Gasteiger partial charge in [0.25, 0.3) is 11.6 Å². The summed E-state index contributed by atoms with van der Waals surface area (Å²) >= 11 is 3.27. The Kier molecular flexibility index (Phi) is 5.32. The van der Waals surface area contributed by atoms with Crippen LogP contribution < -0.4 is 10.2 Å². The molecule has 1 aliphatic rings. The number of benzene rings is 2. The number of carbonyl (C=O) groups is 3. The summed E-state index contributed by atoms with van der Waals surface area (Å²) in [5.74, 6) is -2.92. The number of hydrogen-bond donors (Lipinski definition) is 1. The highest BCUT2D eigenvalue weighted by atomic mass is 79.9. The fourth-order valence-electron chi connectivity index (χ4n) is 2.56. The molecule has 4 amide bonds. The molecule has 1 N–H and O–H groups in total. The zero-order valence-electron chi connectivity index (χ0n) is 14.5. The summed E-state index contributed by atoms with van der Waals surface area (Å²) in [6.07, 6.45) is 1.09. The second-order valence-electron chi connectivity index (χ2n) is 5.93. The van der Waals surface area contributed by atoms with E-state index in [-0.39, 0.29) is 11.4 Å². The second kappa shape index (κ2) is 7.69. The molecular formula is C18H13BrN4O5. The van der Waals surface area contributed by atoms with Gasteiger partial charge in [-0.15, -0.1) is 0 Å². The summed E-state index contributed by atoms with van der Waals surface area (Å²) in [6.45, 7) is 1.69. The third-order valence-corrected chi connectivity index (χ3v) is 4.58. The third kappa shape index (κ3) is 3.81. The molecule has 28 heavy (non-hydrogen) atoms. The van der Waals surface area contributed by atoms with E-state index in [4.69, 9.17) is 0 Å². The predicted molar refractivity (Wildman–Crippen MR) is 105 cm³/mol. The number of barbiturate groups is 1. The Morgan fingerprint density at radius 3 is 2.50 bits per heavy atom. The van der Waals surface area contributed by atoms with E-state index in [1.165, 1.54) is 18.2 Å². The molecule has 0 aromatic heterocycles. The van der Waals surface area contributed by atoms with Crippen molar-refractivity contribution >= 4 is 57.1 Å². The van der Waals surface area contributed by atoms with Crippen molar-refractivity contribution in [3.63, 3.8) is 0 Å². The molecule has 1 heterocycles. The average molecular weight is 445 g/mol. The number of nitro groups is 1. The minimum absolute atomic E-state index is 0.163. The highest BCUT2D eigenvalue weighted by Gasteiger charge is 2.40. The first-order chi connectivity index (χ1) is 13.3. The van der Waals surface area contributed by atoms with Crippen molar-refractivity contribution < 1.29 is 19.3 Å². The molecule has 0 saturated carbocycles. The van der Waals surface area contributed by atoms with E-state index in [2.05, 4.69) is 26.2 Å². The summed E-state index contributed by atoms with van der Waals surface area (Å²) < 4.78 is 0.761. The second-order valence-corrected chi connectivity index (χ2v) is 6.84. The van der Waals surface area contributed by atoms with Gasteiger partial charge in [0.1, 0.15) is 0 Å². The first-order valence-electron chi connectivity index (χ1n) is 8.01. The van der Waals surface area contributed by atoms with Gasteiger partial charge in [0.2, 0.25) is 5.91 Å². The maximum Gasteiger partial charge on any atom is 0.335 e. The number of imide groups is 2. The highest BCUT2D eigenvalue weighted by molar-refractivity contribution is 9.10. The van der Waals surface area contributed by atoms with Crippen LogP contribution in [-0.2, 0) is 9.59 Å². The van der Waals surface area contributed by atoms with Crippen LogP contribution in [0.1, 0.15) is 5.56 Å². The van der Waals surface area contributed by atoms with Crippen molar-refractivity contribution in [2.45, 2.75) is 6.92 Å². The van der Waals surface area contributed by atoms with Gasteiger partial charge in [-0.3, -0.25) is 30.0 Å². The van der Waals surface area contributed by atoms with E-state index in [1.807, 2.05) is 0 Å². The molecule has 2 aromatic carbocycles. The lowest BCUT2D eigenvalue weighted by Crippen LogP contribution is -2.58. The largest absolute Gasteiger partial charge is 0.335 e. The smallest absolute Gasteiger partial charge is 0.276 e. The number of nitrogens with zero attached hydrogens (tertiary/aromatic N) is 3. The Labute approximate surface area is 167 Å². The molecule has 1 atom stereocenters. The molecule has 1 fully saturated rings. The number of aryl methyl sites for hydroxylation is 1. The SMILES string of the molecule is Cc1ccc([N+](=O)[O-])cc1N=C[C@H]1C(=O)NC(=O)N(c2ccc(Br)cc2)C1=O. The minimum Gasteiger partial charge on any atom is -0.276 e. The lowest BCUT2D eigenvalue weighted by molar-refractivity contribution is -0.384. The Morgan fingerprint density at radius 1 is 1.18 bits per heavy atom. The normalized spacial score (nSPS) is 17.1. The standard InChI is InChI=1S/C18H13BrN4O5/c1-10-2-5-13(23(27)28)8-15(10)20-9-14-16(24)21-18(26)22(17(14)25)12-6-3-11(19)4-7-12/h2-9,14H,1H3,(H,21,24,26)/t14-/m0/s1. The average Bonchev–Trinajstić information content (AvgIpc) is 2.64. The van der Waals surface area contributed by atoms with E-state index in [0.717, 1.165) is 15.6 Å². The van der Waals surface area contributed by atoms with Crippen molar-refractivity contribution in [2.24, 2.45) is 10.9 Å². The van der Waals surface area contributed by atoms with Crippen LogP contribution in [0.3, 0.4) is 0 Å². The van der Waals surface area contributed by atoms with Crippen LogP contribution in [-0.4, -0.2) is 29.0 Å². The molecule has 1 aliphatic heterocycles. The molecule has 0 radical (unpaired) electrons. The van der Waals surface area contributed by atoms with Gasteiger partial charge in [-0.25, -0.2) is 9.69 Å². The van der Waals surface area contributed by atoms with Gasteiger partial charge in [-0.1, -0.05) is 22.0 Å². The zero-order valence-corrected chi connectivity index (χ0v) is 16.0. The van der Waals surface area contributed by atoms with Crippen molar-refractivity contribution in [3.8, 4) is 0 Å². The lowest BCUT2D eigenvalue weighted by Gasteiger charge is -2.28. The van der Waals surface area contributed by atoms with E-state index in [0.29, 0.717) is 11.3 Å². The quantitative estimate of drug-likeness (QED) is 0.335. The molecule has 0 aliphatic carbocycles.